The van der Waals surface area contributed by atoms with Crippen molar-refractivity contribution in [2.75, 3.05) is 59.5 Å². The van der Waals surface area contributed by atoms with Gasteiger partial charge in [-0.25, -0.2) is 0 Å². The topological polar surface area (TPSA) is 27.7 Å². The molecule has 0 saturated carbocycles. The summed E-state index contributed by atoms with van der Waals surface area (Å²) in [4.78, 5) is 4.93. The molecule has 1 aliphatic rings. The zero-order valence-corrected chi connectivity index (χ0v) is 11.7. The molecule has 0 aromatic rings. The Kier molecular flexibility index (Phi) is 7.77. The number of methoxy groups -OCH3 is 1. The summed E-state index contributed by atoms with van der Waals surface area (Å²) in [7, 11) is 1.82. The standard InChI is InChI=1S/C13H29N3O/c1-4-15(5-2)10-7-14-8-11-16-9-6-13(12-16)17-3/h13-14H,4-12H2,1-3H3. The zero-order valence-electron chi connectivity index (χ0n) is 11.7. The van der Waals surface area contributed by atoms with Crippen LogP contribution in [0.5, 0.6) is 0 Å². The second-order valence-electron chi connectivity index (χ2n) is 4.72. The van der Waals surface area contributed by atoms with E-state index in [4.69, 9.17) is 4.74 Å². The highest BCUT2D eigenvalue weighted by molar-refractivity contribution is 4.75. The summed E-state index contributed by atoms with van der Waals surface area (Å²) >= 11 is 0. The average molecular weight is 243 g/mol. The Hall–Kier alpha value is -0.160. The largest absolute Gasteiger partial charge is 0.380 e. The number of hydrogen-bond donors (Lipinski definition) is 1. The quantitative estimate of drug-likeness (QED) is 0.602. The number of rotatable bonds is 9. The molecule has 1 aliphatic heterocycles. The first-order chi connectivity index (χ1) is 8.30. The van der Waals surface area contributed by atoms with Crippen molar-refractivity contribution in [2.45, 2.75) is 26.4 Å². The Balaban J connectivity index is 1.94. The highest BCUT2D eigenvalue weighted by Gasteiger charge is 2.20. The molecular weight excluding hydrogens is 214 g/mol. The minimum Gasteiger partial charge on any atom is -0.380 e. The molecule has 1 N–H and O–H groups in total. The van der Waals surface area contributed by atoms with E-state index in [9.17, 15) is 0 Å². The molecule has 1 rings (SSSR count). The van der Waals surface area contributed by atoms with Crippen molar-refractivity contribution >= 4 is 0 Å². The molecule has 0 amide bonds. The van der Waals surface area contributed by atoms with Gasteiger partial charge in [-0.05, 0) is 19.5 Å². The molecule has 4 nitrogen and oxygen atoms in total. The van der Waals surface area contributed by atoms with Crippen LogP contribution in [-0.4, -0.2) is 75.4 Å². The van der Waals surface area contributed by atoms with Gasteiger partial charge < -0.3 is 15.0 Å². The van der Waals surface area contributed by atoms with Crippen molar-refractivity contribution in [1.82, 2.24) is 15.1 Å². The number of ether oxygens (including phenoxy) is 1. The first-order valence-electron chi connectivity index (χ1n) is 6.98. The second kappa shape index (κ2) is 8.86. The highest BCUT2D eigenvalue weighted by Crippen LogP contribution is 2.10. The number of likely N-dealkylation sites (N-methyl/N-ethyl adjacent to an activating group) is 1. The predicted molar refractivity (Wildman–Crippen MR) is 72.5 cm³/mol. The lowest BCUT2D eigenvalue weighted by atomic mass is 10.3. The van der Waals surface area contributed by atoms with Crippen LogP contribution in [0, 0.1) is 0 Å². The summed E-state index contributed by atoms with van der Waals surface area (Å²) in [6, 6.07) is 0. The van der Waals surface area contributed by atoms with Gasteiger partial charge in [0.05, 0.1) is 6.10 Å². The number of hydrogen-bond acceptors (Lipinski definition) is 4. The van der Waals surface area contributed by atoms with Crippen molar-refractivity contribution in [3.05, 3.63) is 0 Å². The molecule has 1 atom stereocenters. The molecule has 102 valence electrons. The summed E-state index contributed by atoms with van der Waals surface area (Å²) in [5.41, 5.74) is 0. The van der Waals surface area contributed by atoms with E-state index >= 15 is 0 Å². The van der Waals surface area contributed by atoms with E-state index in [1.807, 2.05) is 7.11 Å². The van der Waals surface area contributed by atoms with Gasteiger partial charge in [0, 0.05) is 46.4 Å². The van der Waals surface area contributed by atoms with E-state index in [2.05, 4.69) is 29.0 Å². The maximum absolute atomic E-state index is 5.36. The highest BCUT2D eigenvalue weighted by atomic mass is 16.5. The smallest absolute Gasteiger partial charge is 0.0710 e. The lowest BCUT2D eigenvalue weighted by molar-refractivity contribution is 0.108. The van der Waals surface area contributed by atoms with Gasteiger partial charge >= 0.3 is 0 Å². The van der Waals surface area contributed by atoms with Crippen LogP contribution in [-0.2, 0) is 4.74 Å². The SMILES string of the molecule is CCN(CC)CCNCCN1CCC(OC)C1. The number of nitrogens with one attached hydrogen (secondary N) is 1. The fourth-order valence-electron chi connectivity index (χ4n) is 2.33. The Morgan fingerprint density at radius 2 is 2.06 bits per heavy atom. The Bertz CT molecular complexity index is 186. The molecule has 0 radical (unpaired) electrons. The molecule has 0 spiro atoms. The predicted octanol–water partition coefficient (Wildman–Crippen LogP) is 0.639. The van der Waals surface area contributed by atoms with Crippen LogP contribution < -0.4 is 5.32 Å². The van der Waals surface area contributed by atoms with Gasteiger partial charge in [0.1, 0.15) is 0 Å². The van der Waals surface area contributed by atoms with Crippen molar-refractivity contribution in [3.8, 4) is 0 Å². The zero-order chi connectivity index (χ0) is 12.5. The molecule has 0 aromatic heterocycles. The van der Waals surface area contributed by atoms with Crippen molar-refractivity contribution in [3.63, 3.8) is 0 Å². The van der Waals surface area contributed by atoms with Gasteiger partial charge in [-0.2, -0.15) is 0 Å². The van der Waals surface area contributed by atoms with Gasteiger partial charge in [0.25, 0.3) is 0 Å². The van der Waals surface area contributed by atoms with Crippen LogP contribution in [0.15, 0.2) is 0 Å². The molecule has 0 bridgehead atoms. The van der Waals surface area contributed by atoms with Gasteiger partial charge in [-0.3, -0.25) is 4.90 Å². The van der Waals surface area contributed by atoms with Crippen LogP contribution in [0.25, 0.3) is 0 Å². The van der Waals surface area contributed by atoms with E-state index in [1.54, 1.807) is 0 Å². The maximum atomic E-state index is 5.36. The van der Waals surface area contributed by atoms with Crippen LogP contribution >= 0.6 is 0 Å². The van der Waals surface area contributed by atoms with Crippen molar-refractivity contribution in [1.29, 1.82) is 0 Å². The molecule has 1 saturated heterocycles. The number of likely N-dealkylation sites (tertiary alicyclic amines) is 1. The Morgan fingerprint density at radius 3 is 2.65 bits per heavy atom. The summed E-state index contributed by atoms with van der Waals surface area (Å²) in [5, 5.41) is 3.52. The molecule has 4 heteroatoms. The molecule has 0 aliphatic carbocycles. The van der Waals surface area contributed by atoms with Crippen LogP contribution in [0.3, 0.4) is 0 Å². The summed E-state index contributed by atoms with van der Waals surface area (Å²) in [5.74, 6) is 0. The van der Waals surface area contributed by atoms with E-state index in [-0.39, 0.29) is 0 Å². The fourth-order valence-corrected chi connectivity index (χ4v) is 2.33. The number of nitrogens with zero attached hydrogens (tertiary/aromatic N) is 2. The van der Waals surface area contributed by atoms with Gasteiger partial charge in [-0.1, -0.05) is 13.8 Å². The molecular formula is C13H29N3O. The summed E-state index contributed by atoms with van der Waals surface area (Å²) < 4.78 is 5.36. The molecule has 0 aromatic carbocycles. The minimum atomic E-state index is 0.464. The van der Waals surface area contributed by atoms with E-state index in [0.29, 0.717) is 6.10 Å². The third kappa shape index (κ3) is 5.82. The monoisotopic (exact) mass is 243 g/mol. The Labute approximate surface area is 106 Å². The average Bonchev–Trinajstić information content (AvgIpc) is 2.82. The lowest BCUT2D eigenvalue weighted by Crippen LogP contribution is -2.36. The Morgan fingerprint density at radius 1 is 1.29 bits per heavy atom. The lowest BCUT2D eigenvalue weighted by Gasteiger charge is -2.19. The summed E-state index contributed by atoms with van der Waals surface area (Å²) in [6.45, 7) is 13.5. The van der Waals surface area contributed by atoms with Gasteiger partial charge in [0.15, 0.2) is 0 Å². The minimum absolute atomic E-state index is 0.464. The van der Waals surface area contributed by atoms with E-state index < -0.39 is 0 Å². The third-order valence-electron chi connectivity index (χ3n) is 3.67. The molecule has 1 fully saturated rings. The first kappa shape index (κ1) is 14.9. The maximum Gasteiger partial charge on any atom is 0.0710 e. The van der Waals surface area contributed by atoms with Crippen molar-refractivity contribution in [2.24, 2.45) is 0 Å². The van der Waals surface area contributed by atoms with Crippen molar-refractivity contribution < 1.29 is 4.74 Å². The first-order valence-corrected chi connectivity index (χ1v) is 6.98. The second-order valence-corrected chi connectivity index (χ2v) is 4.72. The molecule has 1 heterocycles. The molecule has 1 unspecified atom stereocenters. The van der Waals surface area contributed by atoms with E-state index in [0.717, 1.165) is 45.8 Å². The fraction of sp³-hybridized carbons (Fsp3) is 1.00. The summed E-state index contributed by atoms with van der Waals surface area (Å²) in [6.07, 6.45) is 1.65. The normalized spacial score (nSPS) is 21.5. The van der Waals surface area contributed by atoms with E-state index in [1.165, 1.54) is 13.0 Å². The van der Waals surface area contributed by atoms with Gasteiger partial charge in [-0.15, -0.1) is 0 Å². The van der Waals surface area contributed by atoms with Crippen LogP contribution in [0.4, 0.5) is 0 Å². The van der Waals surface area contributed by atoms with Crippen LogP contribution in [0.2, 0.25) is 0 Å². The van der Waals surface area contributed by atoms with Crippen LogP contribution in [0.1, 0.15) is 20.3 Å². The third-order valence-corrected chi connectivity index (χ3v) is 3.67. The van der Waals surface area contributed by atoms with Gasteiger partial charge in [0.2, 0.25) is 0 Å². The molecule has 17 heavy (non-hydrogen) atoms.